The summed E-state index contributed by atoms with van der Waals surface area (Å²) in [6.45, 7) is 5.31. The SMILES string of the molecule is CC(C)(OC(=O)CN1CCS(=O)(=O)CC1)C12CC3CC(CC(C3)C1)C2. The Hall–Kier alpha value is -0.620. The van der Waals surface area contributed by atoms with E-state index in [9.17, 15) is 13.2 Å². The quantitative estimate of drug-likeness (QED) is 0.711. The van der Waals surface area contributed by atoms with Crippen molar-refractivity contribution in [2.24, 2.45) is 23.2 Å². The fourth-order valence-electron chi connectivity index (χ4n) is 6.36. The molecule has 0 aromatic heterocycles. The summed E-state index contributed by atoms with van der Waals surface area (Å²) in [6, 6.07) is 0. The van der Waals surface area contributed by atoms with E-state index in [2.05, 4.69) is 13.8 Å². The second-order valence-corrected chi connectivity index (χ2v) is 11.9. The first-order valence-electron chi connectivity index (χ1n) is 9.81. The van der Waals surface area contributed by atoms with E-state index in [0.29, 0.717) is 13.1 Å². The van der Waals surface area contributed by atoms with Gasteiger partial charge in [0.15, 0.2) is 9.84 Å². The van der Waals surface area contributed by atoms with Crippen molar-refractivity contribution in [2.75, 3.05) is 31.1 Å². The highest BCUT2D eigenvalue weighted by atomic mass is 32.2. The maximum Gasteiger partial charge on any atom is 0.320 e. The summed E-state index contributed by atoms with van der Waals surface area (Å²) < 4.78 is 29.1. The first kappa shape index (κ1) is 17.8. The third-order valence-electron chi connectivity index (χ3n) is 7.47. The van der Waals surface area contributed by atoms with Gasteiger partial charge in [-0.25, -0.2) is 8.42 Å². The van der Waals surface area contributed by atoms with E-state index in [1.165, 1.54) is 38.5 Å². The lowest BCUT2D eigenvalue weighted by Crippen LogP contribution is -2.58. The Balaban J connectivity index is 1.39. The molecule has 25 heavy (non-hydrogen) atoms. The van der Waals surface area contributed by atoms with Crippen LogP contribution in [-0.2, 0) is 19.4 Å². The number of hydrogen-bond donors (Lipinski definition) is 0. The zero-order valence-corrected chi connectivity index (χ0v) is 16.3. The third-order valence-corrected chi connectivity index (χ3v) is 9.08. The number of nitrogens with zero attached hydrogens (tertiary/aromatic N) is 1. The highest BCUT2D eigenvalue weighted by Crippen LogP contribution is 2.64. The lowest BCUT2D eigenvalue weighted by Gasteiger charge is -2.61. The van der Waals surface area contributed by atoms with E-state index in [4.69, 9.17) is 4.74 Å². The largest absolute Gasteiger partial charge is 0.458 e. The number of hydrogen-bond acceptors (Lipinski definition) is 5. The van der Waals surface area contributed by atoms with Crippen LogP contribution in [0.5, 0.6) is 0 Å². The van der Waals surface area contributed by atoms with Crippen LogP contribution in [0.1, 0.15) is 52.4 Å². The second kappa shape index (κ2) is 5.95. The number of carbonyl (C=O) groups excluding carboxylic acids is 1. The van der Waals surface area contributed by atoms with Crippen molar-refractivity contribution in [1.29, 1.82) is 0 Å². The average molecular weight is 370 g/mol. The molecule has 0 aromatic rings. The van der Waals surface area contributed by atoms with Gasteiger partial charge in [0.2, 0.25) is 0 Å². The van der Waals surface area contributed by atoms with Gasteiger partial charge in [-0.2, -0.15) is 0 Å². The van der Waals surface area contributed by atoms with E-state index in [1.807, 2.05) is 4.90 Å². The molecule has 1 heterocycles. The molecule has 5 nitrogen and oxygen atoms in total. The molecule has 5 aliphatic rings. The summed E-state index contributed by atoms with van der Waals surface area (Å²) >= 11 is 0. The molecule has 4 aliphatic carbocycles. The van der Waals surface area contributed by atoms with E-state index in [1.54, 1.807) is 0 Å². The van der Waals surface area contributed by atoms with Gasteiger partial charge in [0.25, 0.3) is 0 Å². The Bertz CT molecular complexity index is 605. The minimum atomic E-state index is -2.91. The van der Waals surface area contributed by atoms with Gasteiger partial charge in [-0.15, -0.1) is 0 Å². The summed E-state index contributed by atoms with van der Waals surface area (Å²) in [5, 5.41) is 0. The summed E-state index contributed by atoms with van der Waals surface area (Å²) in [5.41, 5.74) is -0.273. The van der Waals surface area contributed by atoms with Crippen LogP contribution < -0.4 is 0 Å². The van der Waals surface area contributed by atoms with Gasteiger partial charge in [-0.05, 0) is 70.1 Å². The maximum atomic E-state index is 12.6. The lowest BCUT2D eigenvalue weighted by molar-refractivity contribution is -0.199. The fourth-order valence-corrected chi connectivity index (χ4v) is 7.64. The Morgan fingerprint density at radius 1 is 1.04 bits per heavy atom. The van der Waals surface area contributed by atoms with Gasteiger partial charge >= 0.3 is 5.97 Å². The molecule has 142 valence electrons. The van der Waals surface area contributed by atoms with Gasteiger partial charge in [-0.3, -0.25) is 9.69 Å². The number of esters is 1. The van der Waals surface area contributed by atoms with E-state index in [-0.39, 0.29) is 29.4 Å². The summed E-state index contributed by atoms with van der Waals surface area (Å²) in [5.74, 6) is 2.60. The molecule has 1 saturated heterocycles. The fraction of sp³-hybridized carbons (Fsp3) is 0.947. The Kier molecular flexibility index (Phi) is 4.23. The lowest BCUT2D eigenvalue weighted by atomic mass is 9.46. The Morgan fingerprint density at radius 2 is 1.52 bits per heavy atom. The van der Waals surface area contributed by atoms with Crippen LogP contribution in [0.2, 0.25) is 0 Å². The zero-order valence-electron chi connectivity index (χ0n) is 15.5. The van der Waals surface area contributed by atoms with Crippen molar-refractivity contribution in [2.45, 2.75) is 58.0 Å². The standard InChI is InChI=1S/C19H31NO4S/c1-18(2,19-10-14-7-15(11-19)9-16(8-14)12-19)24-17(21)13-20-3-5-25(22,23)6-4-20/h14-16H,3-13H2,1-2H3. The number of carbonyl (C=O) groups is 1. The smallest absolute Gasteiger partial charge is 0.320 e. The minimum Gasteiger partial charge on any atom is -0.458 e. The van der Waals surface area contributed by atoms with Gasteiger partial charge in [0, 0.05) is 18.5 Å². The molecule has 0 aromatic carbocycles. The second-order valence-electron chi connectivity index (χ2n) is 9.61. The molecule has 0 atom stereocenters. The molecule has 0 N–H and O–H groups in total. The van der Waals surface area contributed by atoms with Crippen LogP contribution in [0.15, 0.2) is 0 Å². The van der Waals surface area contributed by atoms with Gasteiger partial charge in [0.05, 0.1) is 18.1 Å². The normalized spacial score (nSPS) is 40.2. The molecule has 5 fully saturated rings. The van der Waals surface area contributed by atoms with Crippen LogP contribution >= 0.6 is 0 Å². The van der Waals surface area contributed by atoms with Gasteiger partial charge < -0.3 is 4.74 Å². The van der Waals surface area contributed by atoms with Crippen molar-refractivity contribution >= 4 is 15.8 Å². The monoisotopic (exact) mass is 369 g/mol. The molecule has 4 saturated carbocycles. The predicted molar refractivity (Wildman–Crippen MR) is 95.9 cm³/mol. The first-order chi connectivity index (χ1) is 11.7. The maximum absolute atomic E-state index is 12.6. The summed E-state index contributed by atoms with van der Waals surface area (Å²) in [6.07, 6.45) is 7.77. The molecule has 6 heteroatoms. The Labute approximate surface area is 151 Å². The van der Waals surface area contributed by atoms with E-state index >= 15 is 0 Å². The predicted octanol–water partition coefficient (Wildman–Crippen LogP) is 2.25. The zero-order chi connectivity index (χ0) is 17.9. The summed E-state index contributed by atoms with van der Waals surface area (Å²) in [4.78, 5) is 14.5. The van der Waals surface area contributed by atoms with Crippen molar-refractivity contribution in [3.05, 3.63) is 0 Å². The van der Waals surface area contributed by atoms with E-state index < -0.39 is 15.4 Å². The summed E-state index contributed by atoms with van der Waals surface area (Å²) in [7, 11) is -2.91. The third kappa shape index (κ3) is 3.36. The molecule has 0 radical (unpaired) electrons. The molecule has 0 spiro atoms. The molecular formula is C19H31NO4S. The highest BCUT2D eigenvalue weighted by molar-refractivity contribution is 7.91. The van der Waals surface area contributed by atoms with Crippen LogP contribution in [0.25, 0.3) is 0 Å². The molecule has 4 bridgehead atoms. The van der Waals surface area contributed by atoms with Crippen molar-refractivity contribution in [3.63, 3.8) is 0 Å². The van der Waals surface area contributed by atoms with E-state index in [0.717, 1.165) is 17.8 Å². The molecule has 0 amide bonds. The minimum absolute atomic E-state index is 0.151. The van der Waals surface area contributed by atoms with Crippen LogP contribution in [0, 0.1) is 23.2 Å². The van der Waals surface area contributed by atoms with Gasteiger partial charge in [0.1, 0.15) is 5.60 Å². The number of sulfone groups is 1. The van der Waals surface area contributed by atoms with Crippen LogP contribution in [0.3, 0.4) is 0 Å². The van der Waals surface area contributed by atoms with Crippen molar-refractivity contribution in [1.82, 2.24) is 4.90 Å². The highest BCUT2D eigenvalue weighted by Gasteiger charge is 2.58. The van der Waals surface area contributed by atoms with Gasteiger partial charge in [-0.1, -0.05) is 0 Å². The number of rotatable bonds is 4. The average Bonchev–Trinajstić information content (AvgIpc) is 2.47. The molecule has 1 aliphatic heterocycles. The molecule has 0 unspecified atom stereocenters. The Morgan fingerprint density at radius 3 is 2.00 bits per heavy atom. The van der Waals surface area contributed by atoms with Crippen molar-refractivity contribution < 1.29 is 17.9 Å². The topological polar surface area (TPSA) is 63.7 Å². The molecule has 5 rings (SSSR count). The molecular weight excluding hydrogens is 338 g/mol. The first-order valence-corrected chi connectivity index (χ1v) is 11.6. The van der Waals surface area contributed by atoms with Crippen LogP contribution in [0.4, 0.5) is 0 Å². The van der Waals surface area contributed by atoms with Crippen LogP contribution in [-0.4, -0.2) is 56.0 Å². The van der Waals surface area contributed by atoms with Crippen molar-refractivity contribution in [3.8, 4) is 0 Å². The number of ether oxygens (including phenoxy) is 1.